The summed E-state index contributed by atoms with van der Waals surface area (Å²) >= 11 is 3.51. The number of hydrogen-bond donors (Lipinski definition) is 3. The summed E-state index contributed by atoms with van der Waals surface area (Å²) in [5.41, 5.74) is 3.68. The van der Waals surface area contributed by atoms with E-state index < -0.39 is 0 Å². The third-order valence-corrected chi connectivity index (χ3v) is 4.51. The SMILES string of the molecule is CNC(C)C.O=CNC1CCCc2c1[nH]c1ccc(Br)cc21. The predicted octanol–water partition coefficient (Wildman–Crippen LogP) is 3.67. The number of aromatic amines is 1. The van der Waals surface area contributed by atoms with Gasteiger partial charge in [0.2, 0.25) is 6.41 Å². The van der Waals surface area contributed by atoms with Crippen LogP contribution in [0.4, 0.5) is 0 Å². The van der Waals surface area contributed by atoms with Gasteiger partial charge in [0.1, 0.15) is 0 Å². The summed E-state index contributed by atoms with van der Waals surface area (Å²) < 4.78 is 1.09. The molecule has 1 aliphatic carbocycles. The second-order valence-corrected chi connectivity index (χ2v) is 6.80. The van der Waals surface area contributed by atoms with Crippen LogP contribution < -0.4 is 10.6 Å². The van der Waals surface area contributed by atoms with Gasteiger partial charge in [-0.3, -0.25) is 4.79 Å². The van der Waals surface area contributed by atoms with Gasteiger partial charge in [-0.25, -0.2) is 0 Å². The molecule has 120 valence electrons. The van der Waals surface area contributed by atoms with Crippen molar-refractivity contribution in [1.29, 1.82) is 0 Å². The molecule has 1 amide bonds. The number of hydrogen-bond acceptors (Lipinski definition) is 2. The molecule has 0 saturated heterocycles. The molecule has 1 heterocycles. The average Bonchev–Trinajstić information content (AvgIpc) is 2.87. The van der Waals surface area contributed by atoms with Crippen molar-refractivity contribution in [3.63, 3.8) is 0 Å². The van der Waals surface area contributed by atoms with Crippen molar-refractivity contribution in [1.82, 2.24) is 15.6 Å². The zero-order valence-corrected chi connectivity index (χ0v) is 15.0. The number of benzene rings is 1. The average molecular weight is 366 g/mol. The molecule has 0 fully saturated rings. The lowest BCUT2D eigenvalue weighted by atomic mass is 9.92. The highest BCUT2D eigenvalue weighted by Gasteiger charge is 2.23. The Morgan fingerprint density at radius 1 is 1.41 bits per heavy atom. The van der Waals surface area contributed by atoms with Gasteiger partial charge in [0.25, 0.3) is 0 Å². The maximum Gasteiger partial charge on any atom is 0.207 e. The van der Waals surface area contributed by atoms with Crippen molar-refractivity contribution in [2.45, 2.75) is 45.2 Å². The lowest BCUT2D eigenvalue weighted by Crippen LogP contribution is -2.23. The molecule has 0 saturated carbocycles. The van der Waals surface area contributed by atoms with Gasteiger partial charge in [0, 0.05) is 27.1 Å². The molecule has 1 aliphatic rings. The summed E-state index contributed by atoms with van der Waals surface area (Å²) in [5.74, 6) is 0. The number of aromatic nitrogens is 1. The molecular formula is C17H24BrN3O. The van der Waals surface area contributed by atoms with E-state index in [1.54, 1.807) is 0 Å². The lowest BCUT2D eigenvalue weighted by molar-refractivity contribution is -0.110. The highest BCUT2D eigenvalue weighted by Crippen LogP contribution is 2.35. The van der Waals surface area contributed by atoms with Gasteiger partial charge in [-0.05, 0) is 50.1 Å². The minimum absolute atomic E-state index is 0.141. The van der Waals surface area contributed by atoms with E-state index in [1.165, 1.54) is 16.6 Å². The first kappa shape index (κ1) is 17.0. The number of rotatable bonds is 3. The Labute approximate surface area is 140 Å². The third kappa shape index (κ3) is 3.90. The predicted molar refractivity (Wildman–Crippen MR) is 95.1 cm³/mol. The minimum atomic E-state index is 0.141. The van der Waals surface area contributed by atoms with Gasteiger partial charge < -0.3 is 15.6 Å². The van der Waals surface area contributed by atoms with Crippen LogP contribution in [0.25, 0.3) is 10.9 Å². The molecule has 3 rings (SSSR count). The summed E-state index contributed by atoms with van der Waals surface area (Å²) in [6.45, 7) is 4.22. The Kier molecular flexibility index (Phi) is 6.03. The monoisotopic (exact) mass is 365 g/mol. The molecule has 5 heteroatoms. The van der Waals surface area contributed by atoms with E-state index >= 15 is 0 Å². The number of carbonyl (C=O) groups is 1. The van der Waals surface area contributed by atoms with Crippen LogP contribution in [0.1, 0.15) is 44.0 Å². The number of H-pyrrole nitrogens is 1. The zero-order valence-electron chi connectivity index (χ0n) is 13.4. The molecule has 4 nitrogen and oxygen atoms in total. The summed E-state index contributed by atoms with van der Waals surface area (Å²) in [4.78, 5) is 14.1. The Bertz CT molecular complexity index is 636. The van der Waals surface area contributed by atoms with E-state index in [2.05, 4.69) is 57.5 Å². The Morgan fingerprint density at radius 3 is 2.77 bits per heavy atom. The fourth-order valence-electron chi connectivity index (χ4n) is 2.68. The standard InChI is InChI=1S/C13H13BrN2O.C4H11N/c14-8-4-5-11-10(6-8)9-2-1-3-12(15-7-17)13(9)16-11;1-4(2)5-3/h4-7,12,16H,1-3H2,(H,15,17);4-5H,1-3H3. The van der Waals surface area contributed by atoms with Gasteiger partial charge >= 0.3 is 0 Å². The van der Waals surface area contributed by atoms with Crippen LogP contribution in [0.5, 0.6) is 0 Å². The quantitative estimate of drug-likeness (QED) is 0.726. The van der Waals surface area contributed by atoms with Crippen LogP contribution in [0.15, 0.2) is 22.7 Å². The molecule has 2 aromatic rings. The van der Waals surface area contributed by atoms with Gasteiger partial charge in [-0.2, -0.15) is 0 Å². The maximum atomic E-state index is 10.6. The van der Waals surface area contributed by atoms with Crippen LogP contribution in [0, 0.1) is 0 Å². The molecule has 3 N–H and O–H groups in total. The molecular weight excluding hydrogens is 342 g/mol. The van der Waals surface area contributed by atoms with Crippen LogP contribution in [0.2, 0.25) is 0 Å². The Hall–Kier alpha value is -1.33. The summed E-state index contributed by atoms with van der Waals surface area (Å²) in [6.07, 6.45) is 4.02. The number of halogens is 1. The van der Waals surface area contributed by atoms with Crippen LogP contribution in [0.3, 0.4) is 0 Å². The highest BCUT2D eigenvalue weighted by molar-refractivity contribution is 9.10. The van der Waals surface area contributed by atoms with E-state index in [1.807, 2.05) is 13.1 Å². The van der Waals surface area contributed by atoms with Gasteiger partial charge in [0.15, 0.2) is 0 Å². The summed E-state index contributed by atoms with van der Waals surface area (Å²) in [7, 11) is 1.95. The van der Waals surface area contributed by atoms with Gasteiger partial charge in [-0.1, -0.05) is 29.8 Å². The van der Waals surface area contributed by atoms with Crippen molar-refractivity contribution >= 4 is 33.2 Å². The molecule has 1 atom stereocenters. The normalized spacial score (nSPS) is 16.9. The molecule has 1 unspecified atom stereocenters. The molecule has 0 aliphatic heterocycles. The summed E-state index contributed by atoms with van der Waals surface area (Å²) in [5, 5.41) is 7.19. The molecule has 22 heavy (non-hydrogen) atoms. The minimum Gasteiger partial charge on any atom is -0.356 e. The van der Waals surface area contributed by atoms with Crippen molar-refractivity contribution in [2.24, 2.45) is 0 Å². The first-order chi connectivity index (χ1) is 10.6. The van der Waals surface area contributed by atoms with Crippen LogP contribution in [-0.2, 0) is 11.2 Å². The number of aryl methyl sites for hydroxylation is 1. The number of carbonyl (C=O) groups excluding carboxylic acids is 1. The number of amides is 1. The van der Waals surface area contributed by atoms with E-state index in [0.717, 1.165) is 35.7 Å². The Morgan fingerprint density at radius 2 is 2.14 bits per heavy atom. The lowest BCUT2D eigenvalue weighted by Gasteiger charge is -2.21. The highest BCUT2D eigenvalue weighted by atomic mass is 79.9. The van der Waals surface area contributed by atoms with Crippen LogP contribution in [-0.4, -0.2) is 24.5 Å². The van der Waals surface area contributed by atoms with Gasteiger partial charge in [-0.15, -0.1) is 0 Å². The number of nitrogens with one attached hydrogen (secondary N) is 3. The fraction of sp³-hybridized carbons (Fsp3) is 0.471. The van der Waals surface area contributed by atoms with E-state index in [0.29, 0.717) is 6.04 Å². The van der Waals surface area contributed by atoms with Crippen molar-refractivity contribution in [3.05, 3.63) is 33.9 Å². The molecule has 0 spiro atoms. The molecule has 0 bridgehead atoms. The maximum absolute atomic E-state index is 10.6. The van der Waals surface area contributed by atoms with E-state index in [9.17, 15) is 4.79 Å². The van der Waals surface area contributed by atoms with Gasteiger partial charge in [0.05, 0.1) is 6.04 Å². The van der Waals surface area contributed by atoms with Crippen molar-refractivity contribution in [2.75, 3.05) is 7.05 Å². The molecule has 0 radical (unpaired) electrons. The van der Waals surface area contributed by atoms with Crippen molar-refractivity contribution in [3.8, 4) is 0 Å². The van der Waals surface area contributed by atoms with E-state index in [4.69, 9.17) is 0 Å². The topological polar surface area (TPSA) is 56.9 Å². The van der Waals surface area contributed by atoms with Crippen molar-refractivity contribution < 1.29 is 4.79 Å². The van der Waals surface area contributed by atoms with E-state index in [-0.39, 0.29) is 6.04 Å². The number of fused-ring (bicyclic) bond motifs is 3. The Balaban J connectivity index is 0.000000309. The third-order valence-electron chi connectivity index (χ3n) is 4.02. The smallest absolute Gasteiger partial charge is 0.207 e. The molecule has 1 aromatic carbocycles. The first-order valence-corrected chi connectivity index (χ1v) is 8.53. The first-order valence-electron chi connectivity index (χ1n) is 7.73. The second-order valence-electron chi connectivity index (χ2n) is 5.88. The largest absolute Gasteiger partial charge is 0.356 e. The van der Waals surface area contributed by atoms with Crippen LogP contribution >= 0.6 is 15.9 Å². The zero-order chi connectivity index (χ0) is 16.1. The second kappa shape index (κ2) is 7.79. The summed E-state index contributed by atoms with van der Waals surface area (Å²) in [6, 6.07) is 7.04. The molecule has 1 aromatic heterocycles. The fourth-order valence-corrected chi connectivity index (χ4v) is 3.04.